The van der Waals surface area contributed by atoms with E-state index in [2.05, 4.69) is 5.32 Å². The van der Waals surface area contributed by atoms with Gasteiger partial charge in [-0.05, 0) is 24.2 Å². The molecule has 4 heteroatoms. The molecule has 1 aliphatic heterocycles. The van der Waals surface area contributed by atoms with Crippen LogP contribution in [-0.2, 0) is 4.79 Å². The molecule has 1 heterocycles. The predicted octanol–water partition coefficient (Wildman–Crippen LogP) is 2.12. The van der Waals surface area contributed by atoms with E-state index in [9.17, 15) is 9.90 Å². The predicted molar refractivity (Wildman–Crippen MR) is 74.5 cm³/mol. The van der Waals surface area contributed by atoms with Gasteiger partial charge in [0.1, 0.15) is 0 Å². The van der Waals surface area contributed by atoms with Crippen molar-refractivity contribution in [2.45, 2.75) is 30.6 Å². The molecule has 0 aliphatic carbocycles. The van der Waals surface area contributed by atoms with E-state index in [0.717, 1.165) is 24.2 Å². The Morgan fingerprint density at radius 2 is 2.17 bits per heavy atom. The van der Waals surface area contributed by atoms with Gasteiger partial charge in [0.15, 0.2) is 0 Å². The topological polar surface area (TPSA) is 49.3 Å². The molecule has 0 aromatic heterocycles. The maximum Gasteiger partial charge on any atom is 0.233 e. The van der Waals surface area contributed by atoms with E-state index < -0.39 is 0 Å². The van der Waals surface area contributed by atoms with Crippen molar-refractivity contribution < 1.29 is 9.90 Å². The van der Waals surface area contributed by atoms with Crippen molar-refractivity contribution in [1.82, 2.24) is 5.32 Å². The standard InChI is InChI=1S/C14H19NO2S/c16-10-12(11-6-2-1-3-7-11)15-14(17)13-8-4-5-9-18-13/h1-3,6-7,12-13,16H,4-5,8-10H2,(H,15,17)/t12-,13?/m1/s1. The molecule has 3 nitrogen and oxygen atoms in total. The number of hydrogen-bond acceptors (Lipinski definition) is 3. The normalized spacial score (nSPS) is 21.3. The molecule has 1 aliphatic rings. The highest BCUT2D eigenvalue weighted by molar-refractivity contribution is 8.00. The van der Waals surface area contributed by atoms with Crippen molar-refractivity contribution in [3.05, 3.63) is 35.9 Å². The fraction of sp³-hybridized carbons (Fsp3) is 0.500. The second kappa shape index (κ2) is 6.81. The lowest BCUT2D eigenvalue weighted by Gasteiger charge is -2.24. The first-order valence-corrected chi connectivity index (χ1v) is 7.44. The Balaban J connectivity index is 1.95. The molecule has 18 heavy (non-hydrogen) atoms. The highest BCUT2D eigenvalue weighted by Gasteiger charge is 2.24. The third kappa shape index (κ3) is 3.50. The average molecular weight is 265 g/mol. The zero-order valence-corrected chi connectivity index (χ0v) is 11.2. The van der Waals surface area contributed by atoms with Gasteiger partial charge in [-0.3, -0.25) is 4.79 Å². The second-order valence-corrected chi connectivity index (χ2v) is 5.82. The molecule has 2 rings (SSSR count). The molecule has 1 amide bonds. The van der Waals surface area contributed by atoms with E-state index in [0.29, 0.717) is 0 Å². The van der Waals surface area contributed by atoms with Crippen molar-refractivity contribution >= 4 is 17.7 Å². The van der Waals surface area contributed by atoms with Crippen LogP contribution in [0.15, 0.2) is 30.3 Å². The minimum Gasteiger partial charge on any atom is -0.394 e. The van der Waals surface area contributed by atoms with Gasteiger partial charge in [0.25, 0.3) is 0 Å². The van der Waals surface area contributed by atoms with Crippen LogP contribution in [0.2, 0.25) is 0 Å². The molecule has 98 valence electrons. The third-order valence-electron chi connectivity index (χ3n) is 3.17. The van der Waals surface area contributed by atoms with Crippen LogP contribution in [0.5, 0.6) is 0 Å². The number of thioether (sulfide) groups is 1. The first-order chi connectivity index (χ1) is 8.81. The summed E-state index contributed by atoms with van der Waals surface area (Å²) in [5, 5.41) is 12.4. The summed E-state index contributed by atoms with van der Waals surface area (Å²) in [6.07, 6.45) is 3.28. The molecule has 1 unspecified atom stereocenters. The number of carbonyl (C=O) groups excluding carboxylic acids is 1. The Morgan fingerprint density at radius 1 is 1.39 bits per heavy atom. The number of amides is 1. The highest BCUT2D eigenvalue weighted by atomic mass is 32.2. The van der Waals surface area contributed by atoms with E-state index in [1.54, 1.807) is 11.8 Å². The summed E-state index contributed by atoms with van der Waals surface area (Å²) < 4.78 is 0. The van der Waals surface area contributed by atoms with Gasteiger partial charge in [0.05, 0.1) is 17.9 Å². The van der Waals surface area contributed by atoms with Crippen LogP contribution in [0, 0.1) is 0 Å². The number of hydrogen-bond donors (Lipinski definition) is 2. The van der Waals surface area contributed by atoms with Crippen LogP contribution in [0.3, 0.4) is 0 Å². The van der Waals surface area contributed by atoms with E-state index >= 15 is 0 Å². The Morgan fingerprint density at radius 3 is 2.78 bits per heavy atom. The van der Waals surface area contributed by atoms with Crippen molar-refractivity contribution in [2.24, 2.45) is 0 Å². The fourth-order valence-electron chi connectivity index (χ4n) is 2.13. The molecule has 2 N–H and O–H groups in total. The largest absolute Gasteiger partial charge is 0.394 e. The fourth-order valence-corrected chi connectivity index (χ4v) is 3.34. The molecular weight excluding hydrogens is 246 g/mol. The first-order valence-electron chi connectivity index (χ1n) is 6.39. The Kier molecular flexibility index (Phi) is 5.08. The minimum atomic E-state index is -0.291. The van der Waals surface area contributed by atoms with Gasteiger partial charge in [0.2, 0.25) is 5.91 Å². The summed E-state index contributed by atoms with van der Waals surface area (Å²) >= 11 is 1.73. The van der Waals surface area contributed by atoms with Gasteiger partial charge < -0.3 is 10.4 Å². The average Bonchev–Trinajstić information content (AvgIpc) is 2.46. The maximum atomic E-state index is 12.1. The van der Waals surface area contributed by atoms with Crippen molar-refractivity contribution in [3.63, 3.8) is 0 Å². The summed E-state index contributed by atoms with van der Waals surface area (Å²) in [7, 11) is 0. The summed E-state index contributed by atoms with van der Waals surface area (Å²) in [4.78, 5) is 12.1. The summed E-state index contributed by atoms with van der Waals surface area (Å²) in [5.41, 5.74) is 0.953. The molecule has 1 aromatic carbocycles. The van der Waals surface area contributed by atoms with Crippen molar-refractivity contribution in [2.75, 3.05) is 12.4 Å². The number of aliphatic hydroxyl groups is 1. The molecule has 1 fully saturated rings. The van der Waals surface area contributed by atoms with Gasteiger partial charge >= 0.3 is 0 Å². The molecule has 0 bridgehead atoms. The van der Waals surface area contributed by atoms with E-state index in [4.69, 9.17) is 0 Å². The smallest absolute Gasteiger partial charge is 0.233 e. The first kappa shape index (κ1) is 13.4. The van der Waals surface area contributed by atoms with Crippen LogP contribution in [-0.4, -0.2) is 28.6 Å². The Labute approximate surface area is 112 Å². The Hall–Kier alpha value is -1.00. The van der Waals surface area contributed by atoms with Gasteiger partial charge in [-0.1, -0.05) is 36.8 Å². The zero-order chi connectivity index (χ0) is 12.8. The number of benzene rings is 1. The number of nitrogens with one attached hydrogen (secondary N) is 1. The van der Waals surface area contributed by atoms with Gasteiger partial charge in [-0.25, -0.2) is 0 Å². The molecule has 0 radical (unpaired) electrons. The van der Waals surface area contributed by atoms with Gasteiger partial charge in [0, 0.05) is 0 Å². The Bertz CT molecular complexity index is 377. The summed E-state index contributed by atoms with van der Waals surface area (Å²) in [5.74, 6) is 1.12. The zero-order valence-electron chi connectivity index (χ0n) is 10.3. The van der Waals surface area contributed by atoms with Crippen LogP contribution in [0.25, 0.3) is 0 Å². The number of aliphatic hydroxyl groups excluding tert-OH is 1. The molecular formula is C14H19NO2S. The minimum absolute atomic E-state index is 0.0523. The van der Waals surface area contributed by atoms with E-state index in [1.807, 2.05) is 30.3 Å². The van der Waals surface area contributed by atoms with E-state index in [-0.39, 0.29) is 23.8 Å². The summed E-state index contributed by atoms with van der Waals surface area (Å²) in [6, 6.07) is 9.32. The molecule has 0 saturated carbocycles. The van der Waals surface area contributed by atoms with Crippen LogP contribution in [0.1, 0.15) is 30.9 Å². The monoisotopic (exact) mass is 265 g/mol. The SMILES string of the molecule is O=C(N[C@H](CO)c1ccccc1)C1CCCCS1. The second-order valence-electron chi connectivity index (χ2n) is 4.51. The lowest BCUT2D eigenvalue weighted by Crippen LogP contribution is -2.38. The lowest BCUT2D eigenvalue weighted by molar-refractivity contribution is -0.121. The molecule has 2 atom stereocenters. The van der Waals surface area contributed by atoms with Crippen LogP contribution in [0.4, 0.5) is 0 Å². The number of carbonyl (C=O) groups is 1. The van der Waals surface area contributed by atoms with Crippen molar-refractivity contribution in [3.8, 4) is 0 Å². The number of rotatable bonds is 4. The highest BCUT2D eigenvalue weighted by Crippen LogP contribution is 2.25. The maximum absolute atomic E-state index is 12.1. The molecule has 1 saturated heterocycles. The molecule has 0 spiro atoms. The summed E-state index contributed by atoms with van der Waals surface area (Å²) in [6.45, 7) is -0.0624. The van der Waals surface area contributed by atoms with E-state index in [1.165, 1.54) is 6.42 Å². The van der Waals surface area contributed by atoms with Gasteiger partial charge in [-0.2, -0.15) is 0 Å². The van der Waals surface area contributed by atoms with Crippen molar-refractivity contribution in [1.29, 1.82) is 0 Å². The van der Waals surface area contributed by atoms with Gasteiger partial charge in [-0.15, -0.1) is 11.8 Å². The quantitative estimate of drug-likeness (QED) is 0.876. The van der Waals surface area contributed by atoms with Crippen LogP contribution < -0.4 is 5.32 Å². The van der Waals surface area contributed by atoms with Crippen LogP contribution >= 0.6 is 11.8 Å². The lowest BCUT2D eigenvalue weighted by atomic mass is 10.1. The molecule has 1 aromatic rings. The third-order valence-corrected chi connectivity index (χ3v) is 4.55.